The summed E-state index contributed by atoms with van der Waals surface area (Å²) in [6.45, 7) is 4.48. The van der Waals surface area contributed by atoms with Crippen LogP contribution in [-0.2, 0) is 14.3 Å². The molecule has 5 nitrogen and oxygen atoms in total. The molecule has 1 unspecified atom stereocenters. The molecule has 0 aliphatic carbocycles. The number of carbonyl (C=O) groups is 2. The normalized spacial score (nSPS) is 12.5. The minimum atomic E-state index is -0.996. The molecule has 0 aromatic carbocycles. The Hall–Kier alpha value is -0.750. The summed E-state index contributed by atoms with van der Waals surface area (Å²) in [4.78, 5) is 22.4. The van der Waals surface area contributed by atoms with Crippen molar-refractivity contribution in [3.63, 3.8) is 0 Å². The van der Waals surface area contributed by atoms with E-state index in [4.69, 9.17) is 9.84 Å². The first-order valence-corrected chi connectivity index (χ1v) is 6.65. The number of rotatable bonds is 9. The summed E-state index contributed by atoms with van der Waals surface area (Å²) < 4.78 is 4.85. The molecule has 17 heavy (non-hydrogen) atoms. The third-order valence-corrected chi connectivity index (χ3v) is 3.12. The van der Waals surface area contributed by atoms with Crippen LogP contribution in [0.25, 0.3) is 0 Å². The number of carbonyl (C=O) groups excluding carboxylic acids is 1. The van der Waals surface area contributed by atoms with E-state index >= 15 is 0 Å². The molecule has 0 fully saturated rings. The summed E-state index contributed by atoms with van der Waals surface area (Å²) >= 11 is 1.49. The van der Waals surface area contributed by atoms with Gasteiger partial charge in [-0.1, -0.05) is 13.8 Å². The van der Waals surface area contributed by atoms with Gasteiger partial charge in [-0.05, 0) is 18.1 Å². The zero-order valence-corrected chi connectivity index (χ0v) is 11.4. The molecular formula is C11H21NO4S. The maximum absolute atomic E-state index is 11.5. The van der Waals surface area contributed by atoms with Gasteiger partial charge in [0.2, 0.25) is 5.91 Å². The highest BCUT2D eigenvalue weighted by Crippen LogP contribution is 2.08. The summed E-state index contributed by atoms with van der Waals surface area (Å²) in [5, 5.41) is 11.8. The van der Waals surface area contributed by atoms with E-state index in [-0.39, 0.29) is 5.91 Å². The Bertz CT molecular complexity index is 246. The number of amides is 1. The molecule has 0 aromatic rings. The fourth-order valence-electron chi connectivity index (χ4n) is 1.17. The van der Waals surface area contributed by atoms with Crippen LogP contribution in [0.4, 0.5) is 0 Å². The van der Waals surface area contributed by atoms with E-state index in [0.29, 0.717) is 30.5 Å². The molecule has 100 valence electrons. The number of thioether (sulfide) groups is 1. The minimum Gasteiger partial charge on any atom is -0.480 e. The van der Waals surface area contributed by atoms with Crippen molar-refractivity contribution < 1.29 is 19.4 Å². The van der Waals surface area contributed by atoms with Gasteiger partial charge in [0.1, 0.15) is 6.04 Å². The van der Waals surface area contributed by atoms with E-state index in [1.54, 1.807) is 7.11 Å². The van der Waals surface area contributed by atoms with Gasteiger partial charge in [-0.25, -0.2) is 4.79 Å². The maximum atomic E-state index is 11.5. The van der Waals surface area contributed by atoms with Crippen molar-refractivity contribution in [2.75, 3.05) is 19.5 Å². The molecule has 6 heteroatoms. The molecule has 0 bridgehead atoms. The van der Waals surface area contributed by atoms with E-state index < -0.39 is 12.0 Å². The van der Waals surface area contributed by atoms with E-state index in [0.717, 1.165) is 0 Å². The zero-order chi connectivity index (χ0) is 13.3. The van der Waals surface area contributed by atoms with Crippen molar-refractivity contribution in [1.82, 2.24) is 5.32 Å². The Kier molecular flexibility index (Phi) is 8.89. The van der Waals surface area contributed by atoms with Gasteiger partial charge in [-0.2, -0.15) is 0 Å². The van der Waals surface area contributed by atoms with Crippen molar-refractivity contribution in [3.8, 4) is 0 Å². The molecule has 1 amide bonds. The molecule has 0 rings (SSSR count). The second kappa shape index (κ2) is 9.30. The summed E-state index contributed by atoms with van der Waals surface area (Å²) in [6, 6.07) is -0.814. The van der Waals surface area contributed by atoms with Gasteiger partial charge in [0.05, 0.1) is 5.75 Å². The van der Waals surface area contributed by atoms with Crippen LogP contribution in [-0.4, -0.2) is 47.7 Å². The Morgan fingerprint density at radius 2 is 2.06 bits per heavy atom. The third-order valence-electron chi connectivity index (χ3n) is 2.02. The highest BCUT2D eigenvalue weighted by Gasteiger charge is 2.19. The number of carboxylic acids is 1. The van der Waals surface area contributed by atoms with Crippen molar-refractivity contribution in [2.24, 2.45) is 0 Å². The molecule has 0 saturated heterocycles. The van der Waals surface area contributed by atoms with Crippen molar-refractivity contribution >= 4 is 23.6 Å². The Balaban J connectivity index is 3.98. The standard InChI is InChI=1S/C11H21NO4S/c1-8(2)17-7-10(13)12-9(11(14)15)5-4-6-16-3/h8-9H,4-7H2,1-3H3,(H,12,13)(H,14,15). The van der Waals surface area contributed by atoms with E-state index in [2.05, 4.69) is 5.32 Å². The van der Waals surface area contributed by atoms with Gasteiger partial charge in [0.25, 0.3) is 0 Å². The molecule has 0 heterocycles. The number of methoxy groups -OCH3 is 1. The highest BCUT2D eigenvalue weighted by atomic mass is 32.2. The molecule has 2 N–H and O–H groups in total. The first-order valence-electron chi connectivity index (χ1n) is 5.60. The van der Waals surface area contributed by atoms with Crippen LogP contribution in [0, 0.1) is 0 Å². The lowest BCUT2D eigenvalue weighted by atomic mass is 10.1. The first kappa shape index (κ1) is 16.2. The molecule has 0 aliphatic rings. The topological polar surface area (TPSA) is 75.6 Å². The van der Waals surface area contributed by atoms with Crippen LogP contribution in [0.15, 0.2) is 0 Å². The van der Waals surface area contributed by atoms with Gasteiger partial charge < -0.3 is 15.2 Å². The van der Waals surface area contributed by atoms with Crippen molar-refractivity contribution in [1.29, 1.82) is 0 Å². The monoisotopic (exact) mass is 263 g/mol. The lowest BCUT2D eigenvalue weighted by molar-refractivity contribution is -0.141. The van der Waals surface area contributed by atoms with Crippen molar-refractivity contribution in [2.45, 2.75) is 38.0 Å². The Morgan fingerprint density at radius 3 is 2.53 bits per heavy atom. The lowest BCUT2D eigenvalue weighted by Gasteiger charge is -2.14. The molecular weight excluding hydrogens is 242 g/mol. The smallest absolute Gasteiger partial charge is 0.326 e. The summed E-state index contributed by atoms with van der Waals surface area (Å²) in [5.74, 6) is -0.927. The van der Waals surface area contributed by atoms with E-state index in [1.165, 1.54) is 11.8 Å². The molecule has 0 radical (unpaired) electrons. The molecule has 0 saturated carbocycles. The summed E-state index contributed by atoms with van der Waals surface area (Å²) in [5.41, 5.74) is 0. The summed E-state index contributed by atoms with van der Waals surface area (Å²) in [6.07, 6.45) is 1.01. The molecule has 0 spiro atoms. The van der Waals surface area contributed by atoms with Gasteiger partial charge in [-0.3, -0.25) is 4.79 Å². The highest BCUT2D eigenvalue weighted by molar-refractivity contribution is 8.00. The summed E-state index contributed by atoms with van der Waals surface area (Å²) in [7, 11) is 1.56. The average Bonchev–Trinajstić information content (AvgIpc) is 2.25. The average molecular weight is 263 g/mol. The van der Waals surface area contributed by atoms with E-state index in [1.807, 2.05) is 13.8 Å². The van der Waals surface area contributed by atoms with E-state index in [9.17, 15) is 9.59 Å². The quantitative estimate of drug-likeness (QED) is 0.610. The third kappa shape index (κ3) is 9.00. The number of carboxylic acid groups (broad SMARTS) is 1. The number of aliphatic carboxylic acids is 1. The van der Waals surface area contributed by atoms with Crippen molar-refractivity contribution in [3.05, 3.63) is 0 Å². The fraction of sp³-hybridized carbons (Fsp3) is 0.818. The number of hydrogen-bond donors (Lipinski definition) is 2. The SMILES string of the molecule is COCCCC(NC(=O)CSC(C)C)C(=O)O. The van der Waals surface area contributed by atoms with Gasteiger partial charge in [-0.15, -0.1) is 11.8 Å². The van der Waals surface area contributed by atoms with Crippen LogP contribution in [0.1, 0.15) is 26.7 Å². The molecule has 0 aliphatic heterocycles. The van der Waals surface area contributed by atoms with Gasteiger partial charge >= 0.3 is 5.97 Å². The second-order valence-corrected chi connectivity index (χ2v) is 5.52. The fourth-order valence-corrected chi connectivity index (χ4v) is 1.74. The van der Waals surface area contributed by atoms with Crippen LogP contribution >= 0.6 is 11.8 Å². The largest absolute Gasteiger partial charge is 0.480 e. The number of nitrogens with one attached hydrogen (secondary N) is 1. The minimum absolute atomic E-state index is 0.228. The lowest BCUT2D eigenvalue weighted by Crippen LogP contribution is -2.41. The predicted molar refractivity (Wildman–Crippen MR) is 68.3 cm³/mol. The zero-order valence-electron chi connectivity index (χ0n) is 10.6. The maximum Gasteiger partial charge on any atom is 0.326 e. The second-order valence-electron chi connectivity index (χ2n) is 3.95. The van der Waals surface area contributed by atoms with Crippen LogP contribution in [0.5, 0.6) is 0 Å². The van der Waals surface area contributed by atoms with Gasteiger partial charge in [0.15, 0.2) is 0 Å². The molecule has 1 atom stereocenters. The van der Waals surface area contributed by atoms with Crippen LogP contribution in [0.3, 0.4) is 0 Å². The van der Waals surface area contributed by atoms with Crippen LogP contribution in [0.2, 0.25) is 0 Å². The predicted octanol–water partition coefficient (Wildman–Crippen LogP) is 1.12. The Morgan fingerprint density at radius 1 is 1.41 bits per heavy atom. The molecule has 0 aromatic heterocycles. The number of ether oxygens (including phenoxy) is 1. The number of hydrogen-bond acceptors (Lipinski definition) is 4. The van der Waals surface area contributed by atoms with Gasteiger partial charge in [0, 0.05) is 13.7 Å². The first-order chi connectivity index (χ1) is 7.97. The Labute approximate surface area is 106 Å². The van der Waals surface area contributed by atoms with Crippen LogP contribution < -0.4 is 5.32 Å².